The minimum atomic E-state index is -0.345. The van der Waals surface area contributed by atoms with Crippen molar-refractivity contribution in [2.24, 2.45) is 0 Å². The highest BCUT2D eigenvalue weighted by Gasteiger charge is 2.24. The number of hydrogen-bond donors (Lipinski definition) is 1. The average Bonchev–Trinajstić information content (AvgIpc) is 3.20. The lowest BCUT2D eigenvalue weighted by atomic mass is 10.1. The van der Waals surface area contributed by atoms with Crippen LogP contribution in [-0.2, 0) is 11.3 Å². The van der Waals surface area contributed by atoms with Gasteiger partial charge in [-0.25, -0.2) is 9.18 Å². The van der Waals surface area contributed by atoms with E-state index in [1.807, 2.05) is 50.2 Å². The SMILES string of the molecule is COc1ccc(-c2ccc(N3CCCN(C(=O)CN(Cc4ccc(F)cc4)C(=O)NC(C)C)CC3)nn2)cc1. The van der Waals surface area contributed by atoms with Gasteiger partial charge in [-0.2, -0.15) is 0 Å². The molecule has 1 aliphatic heterocycles. The number of carbonyl (C=O) groups is 2. The van der Waals surface area contributed by atoms with E-state index in [1.54, 1.807) is 24.1 Å². The Labute approximate surface area is 228 Å². The van der Waals surface area contributed by atoms with Gasteiger partial charge in [0.05, 0.1) is 12.8 Å². The average molecular weight is 535 g/mol. The Morgan fingerprint density at radius 1 is 0.974 bits per heavy atom. The van der Waals surface area contributed by atoms with Crippen LogP contribution in [-0.4, -0.2) is 77.8 Å². The van der Waals surface area contributed by atoms with Crippen molar-refractivity contribution in [3.63, 3.8) is 0 Å². The number of aromatic nitrogens is 2. The molecule has 3 aromatic rings. The number of ether oxygens (including phenoxy) is 1. The van der Waals surface area contributed by atoms with E-state index in [0.29, 0.717) is 19.6 Å². The van der Waals surface area contributed by atoms with Crippen LogP contribution >= 0.6 is 0 Å². The molecule has 0 saturated carbocycles. The van der Waals surface area contributed by atoms with Gasteiger partial charge in [0.25, 0.3) is 0 Å². The third-order valence-corrected chi connectivity index (χ3v) is 6.52. The highest BCUT2D eigenvalue weighted by molar-refractivity contribution is 5.84. The summed E-state index contributed by atoms with van der Waals surface area (Å²) < 4.78 is 18.6. The van der Waals surface area contributed by atoms with Crippen LogP contribution in [0.4, 0.5) is 15.0 Å². The number of carbonyl (C=O) groups excluding carboxylic acids is 2. The van der Waals surface area contributed by atoms with Gasteiger partial charge in [0.15, 0.2) is 5.82 Å². The Kier molecular flexibility index (Phi) is 9.30. The molecular formula is C29H35FN6O3. The lowest BCUT2D eigenvalue weighted by Crippen LogP contribution is -2.48. The number of hydrogen-bond acceptors (Lipinski definition) is 6. The third-order valence-electron chi connectivity index (χ3n) is 6.52. The van der Waals surface area contributed by atoms with Crippen LogP contribution in [0.25, 0.3) is 11.3 Å². The van der Waals surface area contributed by atoms with Crippen molar-refractivity contribution in [2.75, 3.05) is 44.7 Å². The zero-order valence-electron chi connectivity index (χ0n) is 22.6. The maximum Gasteiger partial charge on any atom is 0.318 e. The fourth-order valence-corrected chi connectivity index (χ4v) is 4.42. The first-order valence-corrected chi connectivity index (χ1v) is 13.1. The molecule has 0 atom stereocenters. The molecule has 39 heavy (non-hydrogen) atoms. The molecule has 1 aromatic heterocycles. The minimum absolute atomic E-state index is 0.0632. The van der Waals surface area contributed by atoms with Crippen molar-refractivity contribution in [1.82, 2.24) is 25.3 Å². The van der Waals surface area contributed by atoms with Crippen LogP contribution < -0.4 is 15.0 Å². The highest BCUT2D eigenvalue weighted by Crippen LogP contribution is 2.22. The molecule has 1 N–H and O–H groups in total. The minimum Gasteiger partial charge on any atom is -0.497 e. The van der Waals surface area contributed by atoms with Crippen LogP contribution in [0.15, 0.2) is 60.7 Å². The van der Waals surface area contributed by atoms with E-state index in [4.69, 9.17) is 4.74 Å². The summed E-state index contributed by atoms with van der Waals surface area (Å²) in [6, 6.07) is 17.1. The summed E-state index contributed by atoms with van der Waals surface area (Å²) in [6.45, 7) is 6.33. The first kappa shape index (κ1) is 27.8. The highest BCUT2D eigenvalue weighted by atomic mass is 19.1. The number of urea groups is 1. The van der Waals surface area contributed by atoms with Crippen LogP contribution in [0.5, 0.6) is 5.75 Å². The fourth-order valence-electron chi connectivity index (χ4n) is 4.42. The van der Waals surface area contributed by atoms with E-state index in [2.05, 4.69) is 20.4 Å². The Morgan fingerprint density at radius 2 is 1.72 bits per heavy atom. The third kappa shape index (κ3) is 7.66. The van der Waals surface area contributed by atoms with E-state index < -0.39 is 0 Å². The standard InChI is InChI=1S/C29H35FN6O3/c1-21(2)31-29(38)36(19-22-5-9-24(30)10-6-22)20-28(37)35-16-4-15-34(17-18-35)27-14-13-26(32-33-27)23-7-11-25(39-3)12-8-23/h5-14,21H,4,15-20H2,1-3H3,(H,31,38). The Balaban J connectivity index is 1.37. The molecule has 9 nitrogen and oxygen atoms in total. The van der Waals surface area contributed by atoms with Crippen molar-refractivity contribution in [3.8, 4) is 17.0 Å². The molecule has 1 aliphatic rings. The monoisotopic (exact) mass is 534 g/mol. The Bertz CT molecular complexity index is 1240. The maximum atomic E-state index is 13.4. The van der Waals surface area contributed by atoms with Crippen LogP contribution in [0.3, 0.4) is 0 Å². The first-order chi connectivity index (χ1) is 18.8. The summed E-state index contributed by atoms with van der Waals surface area (Å²) in [6.07, 6.45) is 0.768. The van der Waals surface area contributed by atoms with E-state index in [9.17, 15) is 14.0 Å². The summed E-state index contributed by atoms with van der Waals surface area (Å²) in [5, 5.41) is 11.7. The van der Waals surface area contributed by atoms with E-state index in [-0.39, 0.29) is 36.9 Å². The molecule has 0 spiro atoms. The summed E-state index contributed by atoms with van der Waals surface area (Å²) in [4.78, 5) is 31.5. The van der Waals surface area contributed by atoms with E-state index in [0.717, 1.165) is 41.4 Å². The Morgan fingerprint density at radius 3 is 2.36 bits per heavy atom. The van der Waals surface area contributed by atoms with Gasteiger partial charge in [0.2, 0.25) is 5.91 Å². The molecule has 0 unspecified atom stereocenters. The second kappa shape index (κ2) is 13.0. The summed E-state index contributed by atoms with van der Waals surface area (Å²) >= 11 is 0. The van der Waals surface area contributed by atoms with Gasteiger partial charge >= 0.3 is 6.03 Å². The predicted octanol–water partition coefficient (Wildman–Crippen LogP) is 3.95. The summed E-state index contributed by atoms with van der Waals surface area (Å²) in [7, 11) is 1.63. The van der Waals surface area contributed by atoms with Crippen molar-refractivity contribution in [1.29, 1.82) is 0 Å². The second-order valence-corrected chi connectivity index (χ2v) is 9.81. The number of anilines is 1. The zero-order valence-corrected chi connectivity index (χ0v) is 22.6. The van der Waals surface area contributed by atoms with Gasteiger partial charge < -0.3 is 24.8 Å². The number of amides is 3. The van der Waals surface area contributed by atoms with Crippen LogP contribution in [0, 0.1) is 5.82 Å². The van der Waals surface area contributed by atoms with E-state index >= 15 is 0 Å². The van der Waals surface area contributed by atoms with Gasteiger partial charge in [-0.3, -0.25) is 4.79 Å². The zero-order chi connectivity index (χ0) is 27.8. The molecule has 2 aromatic carbocycles. The number of halogens is 1. The topological polar surface area (TPSA) is 90.9 Å². The molecule has 4 rings (SSSR count). The second-order valence-electron chi connectivity index (χ2n) is 9.81. The molecule has 10 heteroatoms. The first-order valence-electron chi connectivity index (χ1n) is 13.1. The normalized spacial score (nSPS) is 13.7. The largest absolute Gasteiger partial charge is 0.497 e. The molecule has 0 bridgehead atoms. The quantitative estimate of drug-likeness (QED) is 0.471. The molecule has 2 heterocycles. The summed E-state index contributed by atoms with van der Waals surface area (Å²) in [5.74, 6) is 1.07. The molecular weight excluding hydrogens is 499 g/mol. The lowest BCUT2D eigenvalue weighted by Gasteiger charge is -2.28. The van der Waals surface area contributed by atoms with Gasteiger partial charge in [-0.1, -0.05) is 12.1 Å². The Hall–Kier alpha value is -4.21. The van der Waals surface area contributed by atoms with Gasteiger partial charge in [0, 0.05) is 44.3 Å². The summed E-state index contributed by atoms with van der Waals surface area (Å²) in [5.41, 5.74) is 2.48. The van der Waals surface area contributed by atoms with Crippen LogP contribution in [0.2, 0.25) is 0 Å². The van der Waals surface area contributed by atoms with Crippen molar-refractivity contribution in [3.05, 3.63) is 72.0 Å². The molecule has 1 fully saturated rings. The molecule has 206 valence electrons. The number of methoxy groups -OCH3 is 1. The molecule has 3 amide bonds. The number of nitrogens with one attached hydrogen (secondary N) is 1. The van der Waals surface area contributed by atoms with Crippen molar-refractivity contribution >= 4 is 17.8 Å². The molecule has 1 saturated heterocycles. The van der Waals surface area contributed by atoms with Gasteiger partial charge in [0.1, 0.15) is 18.1 Å². The van der Waals surface area contributed by atoms with Gasteiger partial charge in [-0.15, -0.1) is 10.2 Å². The fraction of sp³-hybridized carbons (Fsp3) is 0.379. The molecule has 0 aliphatic carbocycles. The lowest BCUT2D eigenvalue weighted by molar-refractivity contribution is -0.131. The maximum absolute atomic E-state index is 13.4. The molecule has 0 radical (unpaired) electrons. The van der Waals surface area contributed by atoms with Gasteiger partial charge in [-0.05, 0) is 74.4 Å². The van der Waals surface area contributed by atoms with Crippen molar-refractivity contribution < 1.29 is 18.7 Å². The predicted molar refractivity (Wildman–Crippen MR) is 148 cm³/mol. The van der Waals surface area contributed by atoms with Crippen LogP contribution in [0.1, 0.15) is 25.8 Å². The number of benzene rings is 2. The van der Waals surface area contributed by atoms with Crippen molar-refractivity contribution in [2.45, 2.75) is 32.9 Å². The smallest absolute Gasteiger partial charge is 0.318 e. The number of nitrogens with zero attached hydrogens (tertiary/aromatic N) is 5. The number of rotatable bonds is 8. The van der Waals surface area contributed by atoms with E-state index in [1.165, 1.54) is 17.0 Å².